The summed E-state index contributed by atoms with van der Waals surface area (Å²) < 4.78 is 5.34. The Bertz CT molecular complexity index is 1280. The summed E-state index contributed by atoms with van der Waals surface area (Å²) in [7, 11) is 1.67. The number of ether oxygens (including phenoxy) is 1. The van der Waals surface area contributed by atoms with Crippen LogP contribution in [0.25, 0.3) is 32.7 Å². The number of methoxy groups -OCH3 is 1. The molecule has 5 rings (SSSR count). The molecule has 138 valence electrons. The number of hydrogen-bond donors (Lipinski definition) is 1. The lowest BCUT2D eigenvalue weighted by Crippen LogP contribution is -1.90. The Labute approximate surface area is 162 Å². The van der Waals surface area contributed by atoms with E-state index in [2.05, 4.69) is 27.9 Å². The molecule has 0 amide bonds. The number of fused-ring (bicyclic) bond motifs is 4. The summed E-state index contributed by atoms with van der Waals surface area (Å²) in [6, 6.07) is 17.1. The molecule has 0 radical (unpaired) electrons. The van der Waals surface area contributed by atoms with Gasteiger partial charge in [-0.05, 0) is 42.8 Å². The summed E-state index contributed by atoms with van der Waals surface area (Å²) in [5.41, 5.74) is 3.70. The molecule has 3 heterocycles. The van der Waals surface area contributed by atoms with Crippen LogP contribution in [0, 0.1) is 6.92 Å². The third kappa shape index (κ3) is 3.18. The molecule has 0 saturated heterocycles. The van der Waals surface area contributed by atoms with Crippen LogP contribution in [0.4, 0.5) is 0 Å². The van der Waals surface area contributed by atoms with Crippen molar-refractivity contribution >= 4 is 32.7 Å². The van der Waals surface area contributed by atoms with Gasteiger partial charge in [0.15, 0.2) is 0 Å². The number of hydrogen-bond acceptors (Lipinski definition) is 5. The van der Waals surface area contributed by atoms with Crippen LogP contribution in [0.3, 0.4) is 0 Å². The Morgan fingerprint density at radius 1 is 0.714 bits per heavy atom. The van der Waals surface area contributed by atoms with Gasteiger partial charge in [-0.1, -0.05) is 24.3 Å². The van der Waals surface area contributed by atoms with Gasteiger partial charge in [0, 0.05) is 34.7 Å². The van der Waals surface area contributed by atoms with Crippen molar-refractivity contribution in [2.75, 3.05) is 7.11 Å². The first-order valence-corrected chi connectivity index (χ1v) is 8.89. The van der Waals surface area contributed by atoms with Crippen LogP contribution in [0.2, 0.25) is 0 Å². The minimum absolute atomic E-state index is 0.239. The van der Waals surface area contributed by atoms with Crippen LogP contribution in [0.5, 0.6) is 11.5 Å². The van der Waals surface area contributed by atoms with Gasteiger partial charge >= 0.3 is 0 Å². The predicted octanol–water partition coefficient (Wildman–Crippen LogP) is 5.04. The molecule has 0 unspecified atom stereocenters. The number of aryl methyl sites for hydroxylation is 1. The molecule has 1 N–H and O–H groups in total. The number of phenolic OH excluding ortho intramolecular Hbond substituents is 1. The van der Waals surface area contributed by atoms with E-state index >= 15 is 0 Å². The van der Waals surface area contributed by atoms with Crippen LogP contribution in [-0.4, -0.2) is 27.2 Å². The zero-order valence-electron chi connectivity index (χ0n) is 15.6. The number of para-hydroxylation sites is 1. The number of benzene rings is 2. The first-order chi connectivity index (χ1) is 13.7. The quantitative estimate of drug-likeness (QED) is 0.419. The highest BCUT2D eigenvalue weighted by molar-refractivity contribution is 6.05. The maximum Gasteiger partial charge on any atom is 0.141 e. The minimum atomic E-state index is 0.239. The topological polar surface area (TPSA) is 68.1 Å². The summed E-state index contributed by atoms with van der Waals surface area (Å²) in [5, 5.41) is 12.4. The summed E-state index contributed by atoms with van der Waals surface area (Å²) >= 11 is 0. The van der Waals surface area contributed by atoms with Crippen LogP contribution in [0.15, 0.2) is 73.2 Å². The van der Waals surface area contributed by atoms with Gasteiger partial charge in [0.25, 0.3) is 0 Å². The number of rotatable bonds is 1. The largest absolute Gasteiger partial charge is 0.506 e. The number of pyridine rings is 3. The zero-order valence-corrected chi connectivity index (χ0v) is 15.6. The van der Waals surface area contributed by atoms with E-state index in [0.717, 1.165) is 32.9 Å². The highest BCUT2D eigenvalue weighted by Crippen LogP contribution is 2.29. The van der Waals surface area contributed by atoms with Crippen molar-refractivity contribution in [3.63, 3.8) is 0 Å². The number of aromatic hydroxyl groups is 1. The monoisotopic (exact) mass is 369 g/mol. The maximum atomic E-state index is 9.31. The maximum absolute atomic E-state index is 9.31. The van der Waals surface area contributed by atoms with Crippen molar-refractivity contribution in [1.82, 2.24) is 15.0 Å². The van der Waals surface area contributed by atoms with Gasteiger partial charge in [0.05, 0.1) is 12.6 Å². The highest BCUT2D eigenvalue weighted by Gasteiger charge is 2.08. The Morgan fingerprint density at radius 3 is 2.18 bits per heavy atom. The molecule has 28 heavy (non-hydrogen) atoms. The molecule has 5 aromatic rings. The Kier molecular flexibility index (Phi) is 4.72. The average Bonchev–Trinajstić information content (AvgIpc) is 2.74. The van der Waals surface area contributed by atoms with Gasteiger partial charge in [-0.25, -0.2) is 0 Å². The van der Waals surface area contributed by atoms with E-state index in [0.29, 0.717) is 5.52 Å². The lowest BCUT2D eigenvalue weighted by Gasteiger charge is -2.07. The number of phenols is 1. The van der Waals surface area contributed by atoms with Crippen LogP contribution >= 0.6 is 0 Å². The molecule has 0 fully saturated rings. The van der Waals surface area contributed by atoms with Crippen LogP contribution in [-0.2, 0) is 0 Å². The smallest absolute Gasteiger partial charge is 0.141 e. The van der Waals surface area contributed by atoms with Crippen LogP contribution in [0.1, 0.15) is 5.56 Å². The normalized spacial score (nSPS) is 10.6. The molecule has 0 aliphatic heterocycles. The summed E-state index contributed by atoms with van der Waals surface area (Å²) in [6.45, 7) is 2.08. The fraction of sp³-hybridized carbons (Fsp3) is 0.0870. The van der Waals surface area contributed by atoms with Crippen LogP contribution < -0.4 is 4.74 Å². The summed E-state index contributed by atoms with van der Waals surface area (Å²) in [4.78, 5) is 12.9. The van der Waals surface area contributed by atoms with E-state index in [1.165, 1.54) is 5.56 Å². The number of nitrogens with zero attached hydrogens (tertiary/aromatic N) is 3. The second kappa shape index (κ2) is 7.48. The molecule has 0 spiro atoms. The fourth-order valence-corrected chi connectivity index (χ4v) is 3.21. The van der Waals surface area contributed by atoms with Crippen molar-refractivity contribution in [2.24, 2.45) is 0 Å². The lowest BCUT2D eigenvalue weighted by molar-refractivity contribution is 0.419. The van der Waals surface area contributed by atoms with Crippen molar-refractivity contribution < 1.29 is 9.84 Å². The standard InChI is InChI=1S/C14H12N2O.C9H7NO/c1-9-5-7-15-13-10(9)3-4-11-12(17-2)6-8-16-14(11)13;11-8-5-1-3-7-4-2-6-10-9(7)8/h3-8H,1-2H3;1-6,11H. The van der Waals surface area contributed by atoms with Gasteiger partial charge < -0.3 is 9.84 Å². The highest BCUT2D eigenvalue weighted by atomic mass is 16.5. The molecule has 5 nitrogen and oxygen atoms in total. The lowest BCUT2D eigenvalue weighted by atomic mass is 10.1. The fourth-order valence-electron chi connectivity index (χ4n) is 3.21. The molecule has 0 bridgehead atoms. The molecule has 3 aromatic heterocycles. The summed E-state index contributed by atoms with van der Waals surface area (Å²) in [6.07, 6.45) is 5.24. The molecule has 0 atom stereocenters. The SMILES string of the molecule is COc1ccnc2c1ccc1c(C)ccnc12.Oc1cccc2cccnc12. The van der Waals surface area contributed by atoms with E-state index in [4.69, 9.17) is 4.74 Å². The van der Waals surface area contributed by atoms with Gasteiger partial charge in [-0.2, -0.15) is 0 Å². The third-order valence-electron chi connectivity index (χ3n) is 4.63. The molecule has 0 aliphatic rings. The van der Waals surface area contributed by atoms with Gasteiger partial charge in [-0.15, -0.1) is 0 Å². The Balaban J connectivity index is 0.000000151. The second-order valence-electron chi connectivity index (χ2n) is 6.35. The Morgan fingerprint density at radius 2 is 1.39 bits per heavy atom. The molecule has 2 aromatic carbocycles. The summed E-state index contributed by atoms with van der Waals surface area (Å²) in [5.74, 6) is 1.07. The van der Waals surface area contributed by atoms with Crippen molar-refractivity contribution in [3.05, 3.63) is 78.8 Å². The molecule has 0 saturated carbocycles. The van der Waals surface area contributed by atoms with Gasteiger partial charge in [-0.3, -0.25) is 15.0 Å². The average molecular weight is 369 g/mol. The van der Waals surface area contributed by atoms with Gasteiger partial charge in [0.2, 0.25) is 0 Å². The minimum Gasteiger partial charge on any atom is -0.506 e. The van der Waals surface area contributed by atoms with Crippen molar-refractivity contribution in [2.45, 2.75) is 6.92 Å². The molecule has 0 aliphatic carbocycles. The molecular formula is C23H19N3O2. The van der Waals surface area contributed by atoms with E-state index in [1.54, 1.807) is 31.6 Å². The zero-order chi connectivity index (χ0) is 19.5. The molecular weight excluding hydrogens is 350 g/mol. The van der Waals surface area contributed by atoms with Crippen molar-refractivity contribution in [1.29, 1.82) is 0 Å². The Hall–Kier alpha value is -3.73. The molecule has 5 heteroatoms. The first-order valence-electron chi connectivity index (χ1n) is 8.89. The van der Waals surface area contributed by atoms with Crippen molar-refractivity contribution in [3.8, 4) is 11.5 Å². The second-order valence-corrected chi connectivity index (χ2v) is 6.35. The predicted molar refractivity (Wildman–Crippen MR) is 112 cm³/mol. The van der Waals surface area contributed by atoms with E-state index in [1.807, 2.05) is 42.6 Å². The van der Waals surface area contributed by atoms with Gasteiger partial charge in [0.1, 0.15) is 22.5 Å². The number of aromatic nitrogens is 3. The third-order valence-corrected chi connectivity index (χ3v) is 4.63. The van der Waals surface area contributed by atoms with E-state index in [-0.39, 0.29) is 5.75 Å². The van der Waals surface area contributed by atoms with E-state index < -0.39 is 0 Å². The van der Waals surface area contributed by atoms with E-state index in [9.17, 15) is 5.11 Å². The first kappa shape index (κ1) is 17.7.